The number of hydrogen-bond donors (Lipinski definition) is 1. The van der Waals surface area contributed by atoms with Crippen molar-refractivity contribution in [2.75, 3.05) is 6.54 Å². The molecule has 16 heavy (non-hydrogen) atoms. The van der Waals surface area contributed by atoms with Crippen LogP contribution in [0.5, 0.6) is 0 Å². The monoisotopic (exact) mass is 216 g/mol. The second-order valence-electron chi connectivity index (χ2n) is 5.13. The molecule has 2 aromatic rings. The molecule has 1 aliphatic rings. The average Bonchev–Trinajstić information content (AvgIpc) is 2.65. The van der Waals surface area contributed by atoms with E-state index in [1.54, 1.807) is 6.20 Å². The van der Waals surface area contributed by atoms with E-state index in [2.05, 4.69) is 30.0 Å². The Kier molecular flexibility index (Phi) is 1.86. The van der Waals surface area contributed by atoms with E-state index in [4.69, 9.17) is 5.73 Å². The maximum Gasteiger partial charge on any atom is 0.155 e. The van der Waals surface area contributed by atoms with Crippen LogP contribution in [-0.2, 0) is 0 Å². The molecule has 2 atom stereocenters. The Morgan fingerprint density at radius 3 is 2.94 bits per heavy atom. The predicted octanol–water partition coefficient (Wildman–Crippen LogP) is 1.43. The van der Waals surface area contributed by atoms with Gasteiger partial charge in [-0.3, -0.25) is 0 Å². The van der Waals surface area contributed by atoms with Crippen molar-refractivity contribution in [1.29, 1.82) is 0 Å². The average molecular weight is 216 g/mol. The van der Waals surface area contributed by atoms with Crippen LogP contribution < -0.4 is 5.73 Å². The van der Waals surface area contributed by atoms with Crippen molar-refractivity contribution in [1.82, 2.24) is 14.6 Å². The molecule has 0 aliphatic heterocycles. The molecule has 4 nitrogen and oxygen atoms in total. The zero-order chi connectivity index (χ0) is 11.3. The Labute approximate surface area is 94.5 Å². The number of fused-ring (bicyclic) bond motifs is 1. The molecule has 1 aliphatic carbocycles. The number of nitrogens with zero attached hydrogens (tertiary/aromatic N) is 3. The van der Waals surface area contributed by atoms with Crippen molar-refractivity contribution in [3.63, 3.8) is 0 Å². The van der Waals surface area contributed by atoms with Crippen molar-refractivity contribution in [3.05, 3.63) is 30.2 Å². The minimum Gasteiger partial charge on any atom is -0.330 e. The van der Waals surface area contributed by atoms with Gasteiger partial charge in [-0.15, -0.1) is 0 Å². The highest BCUT2D eigenvalue weighted by Crippen LogP contribution is 2.63. The van der Waals surface area contributed by atoms with Gasteiger partial charge in [-0.05, 0) is 23.9 Å². The first-order chi connectivity index (χ1) is 7.64. The van der Waals surface area contributed by atoms with Gasteiger partial charge in [0, 0.05) is 24.4 Å². The van der Waals surface area contributed by atoms with Crippen molar-refractivity contribution >= 4 is 5.65 Å². The minimum atomic E-state index is 0.284. The summed E-state index contributed by atoms with van der Waals surface area (Å²) in [4.78, 5) is 4.28. The Morgan fingerprint density at radius 2 is 2.31 bits per heavy atom. The number of nitrogens with two attached hydrogens (primary N) is 1. The Hall–Kier alpha value is -1.42. The van der Waals surface area contributed by atoms with Gasteiger partial charge < -0.3 is 5.73 Å². The van der Waals surface area contributed by atoms with Crippen molar-refractivity contribution in [2.24, 2.45) is 17.1 Å². The first-order valence-corrected chi connectivity index (χ1v) is 5.65. The number of rotatable bonds is 2. The highest BCUT2D eigenvalue weighted by atomic mass is 15.2. The smallest absolute Gasteiger partial charge is 0.155 e. The molecule has 0 spiro atoms. The highest BCUT2D eigenvalue weighted by Gasteiger charge is 2.58. The summed E-state index contributed by atoms with van der Waals surface area (Å²) < 4.78 is 1.83. The van der Waals surface area contributed by atoms with Gasteiger partial charge in [0.05, 0.1) is 5.69 Å². The van der Waals surface area contributed by atoms with Crippen LogP contribution in [0.25, 0.3) is 5.65 Å². The first-order valence-electron chi connectivity index (χ1n) is 5.65. The second kappa shape index (κ2) is 3.04. The van der Waals surface area contributed by atoms with Gasteiger partial charge in [0.1, 0.15) is 0 Å². The molecule has 0 aromatic carbocycles. The summed E-state index contributed by atoms with van der Waals surface area (Å²) in [6, 6.07) is 3.96. The summed E-state index contributed by atoms with van der Waals surface area (Å²) in [5.74, 6) is 1.04. The lowest BCUT2D eigenvalue weighted by Crippen LogP contribution is -2.05. The molecule has 1 saturated carbocycles. The Morgan fingerprint density at radius 1 is 1.50 bits per heavy atom. The van der Waals surface area contributed by atoms with Crippen LogP contribution in [0, 0.1) is 11.3 Å². The van der Waals surface area contributed by atoms with E-state index in [-0.39, 0.29) is 5.41 Å². The molecule has 2 heterocycles. The summed E-state index contributed by atoms with van der Waals surface area (Å²) in [5, 5.41) is 4.57. The van der Waals surface area contributed by atoms with Gasteiger partial charge in [0.2, 0.25) is 0 Å². The molecule has 0 amide bonds. The van der Waals surface area contributed by atoms with Crippen LogP contribution in [0.15, 0.2) is 24.5 Å². The Bertz CT molecular complexity index is 496. The normalized spacial score (nSPS) is 27.2. The Balaban J connectivity index is 2.02. The maximum absolute atomic E-state index is 5.78. The zero-order valence-electron chi connectivity index (χ0n) is 9.59. The lowest BCUT2D eigenvalue weighted by atomic mass is 10.1. The van der Waals surface area contributed by atoms with E-state index in [9.17, 15) is 0 Å². The number of hydrogen-bond acceptors (Lipinski definition) is 3. The maximum atomic E-state index is 5.78. The zero-order valence-corrected chi connectivity index (χ0v) is 9.59. The molecule has 3 rings (SSSR count). The molecule has 0 radical (unpaired) electrons. The first kappa shape index (κ1) is 9.78. The summed E-state index contributed by atoms with van der Waals surface area (Å²) in [6.07, 6.45) is 3.72. The standard InChI is InChI=1S/C12H16N4/c1-12(2)8(7-13)11(12)9-6-10-14-4-3-5-16(10)15-9/h3-6,8,11H,7,13H2,1-2H3. The third kappa shape index (κ3) is 1.19. The fraction of sp³-hybridized carbons (Fsp3) is 0.500. The minimum absolute atomic E-state index is 0.284. The fourth-order valence-electron chi connectivity index (χ4n) is 2.77. The fourth-order valence-corrected chi connectivity index (χ4v) is 2.77. The van der Waals surface area contributed by atoms with Gasteiger partial charge in [0.25, 0.3) is 0 Å². The van der Waals surface area contributed by atoms with Crippen LogP contribution in [-0.4, -0.2) is 21.1 Å². The molecule has 2 aromatic heterocycles. The molecule has 4 heteroatoms. The molecular weight excluding hydrogens is 200 g/mol. The SMILES string of the molecule is CC1(C)C(CN)C1c1cc2ncccn2n1. The van der Waals surface area contributed by atoms with Gasteiger partial charge in [-0.2, -0.15) is 5.10 Å². The van der Waals surface area contributed by atoms with Crippen molar-refractivity contribution in [3.8, 4) is 0 Å². The number of aromatic nitrogens is 3. The highest BCUT2D eigenvalue weighted by molar-refractivity contribution is 5.42. The summed E-state index contributed by atoms with van der Waals surface area (Å²) in [6.45, 7) is 5.25. The predicted molar refractivity (Wildman–Crippen MR) is 62.1 cm³/mol. The quantitative estimate of drug-likeness (QED) is 0.826. The summed E-state index contributed by atoms with van der Waals surface area (Å²) >= 11 is 0. The van der Waals surface area contributed by atoms with Crippen LogP contribution in [0.3, 0.4) is 0 Å². The van der Waals surface area contributed by atoms with E-state index in [1.165, 1.54) is 0 Å². The molecule has 2 unspecified atom stereocenters. The van der Waals surface area contributed by atoms with Crippen LogP contribution in [0.1, 0.15) is 25.5 Å². The molecule has 1 fully saturated rings. The van der Waals surface area contributed by atoms with Crippen LogP contribution >= 0.6 is 0 Å². The van der Waals surface area contributed by atoms with E-state index in [1.807, 2.05) is 16.8 Å². The summed E-state index contributed by atoms with van der Waals surface area (Å²) in [5.41, 5.74) is 8.10. The second-order valence-corrected chi connectivity index (χ2v) is 5.13. The van der Waals surface area contributed by atoms with Crippen molar-refractivity contribution < 1.29 is 0 Å². The topological polar surface area (TPSA) is 56.2 Å². The summed E-state index contributed by atoms with van der Waals surface area (Å²) in [7, 11) is 0. The molecule has 84 valence electrons. The van der Waals surface area contributed by atoms with Gasteiger partial charge in [-0.1, -0.05) is 13.8 Å². The van der Waals surface area contributed by atoms with Crippen LogP contribution in [0.4, 0.5) is 0 Å². The third-order valence-corrected chi connectivity index (χ3v) is 3.88. The largest absolute Gasteiger partial charge is 0.330 e. The van der Waals surface area contributed by atoms with Crippen molar-refractivity contribution in [2.45, 2.75) is 19.8 Å². The van der Waals surface area contributed by atoms with Crippen LogP contribution in [0.2, 0.25) is 0 Å². The van der Waals surface area contributed by atoms with Gasteiger partial charge in [-0.25, -0.2) is 9.50 Å². The molecule has 2 N–H and O–H groups in total. The van der Waals surface area contributed by atoms with Gasteiger partial charge >= 0.3 is 0 Å². The lowest BCUT2D eigenvalue weighted by molar-refractivity contribution is 0.557. The van der Waals surface area contributed by atoms with E-state index < -0.39 is 0 Å². The third-order valence-electron chi connectivity index (χ3n) is 3.88. The molecular formula is C12H16N4. The van der Waals surface area contributed by atoms with E-state index in [0.717, 1.165) is 17.9 Å². The lowest BCUT2D eigenvalue weighted by Gasteiger charge is -1.98. The molecule has 0 bridgehead atoms. The molecule has 0 saturated heterocycles. The van der Waals surface area contributed by atoms with E-state index >= 15 is 0 Å². The van der Waals surface area contributed by atoms with E-state index in [0.29, 0.717) is 11.8 Å². The van der Waals surface area contributed by atoms with Gasteiger partial charge in [0.15, 0.2) is 5.65 Å².